The van der Waals surface area contributed by atoms with Gasteiger partial charge in [-0.15, -0.1) is 24.0 Å². The van der Waals surface area contributed by atoms with Crippen LogP contribution in [0.25, 0.3) is 0 Å². The number of aromatic nitrogens is 2. The van der Waals surface area contributed by atoms with Crippen LogP contribution in [0, 0.1) is 24.0 Å². The zero-order valence-electron chi connectivity index (χ0n) is 17.5. The van der Waals surface area contributed by atoms with Crippen molar-refractivity contribution in [1.82, 2.24) is 20.4 Å². The van der Waals surface area contributed by atoms with Crippen molar-refractivity contribution in [3.05, 3.63) is 57.4 Å². The first kappa shape index (κ1) is 24.9. The molecular formula is C20H31IN6O2. The van der Waals surface area contributed by atoms with Gasteiger partial charge in [0.1, 0.15) is 0 Å². The Balaban J connectivity index is 0.00000420. The highest BCUT2D eigenvalue weighted by atomic mass is 127. The third kappa shape index (κ3) is 8.38. The number of aryl methyl sites for hydroxylation is 3. The fourth-order valence-electron chi connectivity index (χ4n) is 2.72. The van der Waals surface area contributed by atoms with E-state index in [1.165, 1.54) is 17.8 Å². The van der Waals surface area contributed by atoms with Crippen LogP contribution < -0.4 is 10.6 Å². The van der Waals surface area contributed by atoms with Crippen molar-refractivity contribution in [2.45, 2.75) is 59.7 Å². The van der Waals surface area contributed by atoms with Gasteiger partial charge in [0.2, 0.25) is 0 Å². The lowest BCUT2D eigenvalue weighted by Crippen LogP contribution is -2.42. The summed E-state index contributed by atoms with van der Waals surface area (Å²) >= 11 is 0. The molecule has 2 N–H and O–H groups in total. The van der Waals surface area contributed by atoms with E-state index in [0.29, 0.717) is 12.6 Å². The molecule has 0 radical (unpaired) electrons. The molecule has 0 saturated carbocycles. The second-order valence-electron chi connectivity index (χ2n) is 6.97. The van der Waals surface area contributed by atoms with E-state index >= 15 is 0 Å². The lowest BCUT2D eigenvalue weighted by molar-refractivity contribution is -0.384. The number of nitrogens with zero attached hydrogens (tertiary/aromatic N) is 4. The van der Waals surface area contributed by atoms with Crippen LogP contribution in [0.2, 0.25) is 0 Å². The van der Waals surface area contributed by atoms with Crippen LogP contribution in [0.4, 0.5) is 5.69 Å². The minimum Gasteiger partial charge on any atom is -0.356 e. The number of nitro benzene ring substituents is 1. The summed E-state index contributed by atoms with van der Waals surface area (Å²) in [6.07, 6.45) is 1.92. The number of rotatable bonds is 9. The molecule has 0 aliphatic heterocycles. The van der Waals surface area contributed by atoms with Crippen LogP contribution in [-0.2, 0) is 13.1 Å². The number of nitrogens with one attached hydrogen (secondary N) is 2. The quantitative estimate of drug-likeness (QED) is 0.132. The average molecular weight is 514 g/mol. The Kier molecular flexibility index (Phi) is 10.6. The summed E-state index contributed by atoms with van der Waals surface area (Å²) in [6.45, 7) is 10.4. The first-order chi connectivity index (χ1) is 13.4. The van der Waals surface area contributed by atoms with Gasteiger partial charge in [0.05, 0.1) is 17.2 Å². The first-order valence-electron chi connectivity index (χ1n) is 9.68. The Morgan fingerprint density at radius 3 is 2.55 bits per heavy atom. The molecule has 0 spiro atoms. The van der Waals surface area contributed by atoms with E-state index in [4.69, 9.17) is 0 Å². The first-order valence-corrected chi connectivity index (χ1v) is 9.68. The van der Waals surface area contributed by atoms with Gasteiger partial charge < -0.3 is 10.6 Å². The van der Waals surface area contributed by atoms with Gasteiger partial charge in [-0.25, -0.2) is 4.99 Å². The van der Waals surface area contributed by atoms with E-state index in [1.807, 2.05) is 11.6 Å². The number of halogens is 1. The molecule has 0 amide bonds. The molecule has 1 atom stereocenters. The van der Waals surface area contributed by atoms with Gasteiger partial charge >= 0.3 is 0 Å². The van der Waals surface area contributed by atoms with E-state index in [0.717, 1.165) is 43.1 Å². The average Bonchev–Trinajstić information content (AvgIpc) is 3.00. The molecule has 0 aliphatic rings. The summed E-state index contributed by atoms with van der Waals surface area (Å²) in [4.78, 5) is 15.0. The number of guanidine groups is 1. The third-order valence-electron chi connectivity index (χ3n) is 4.50. The smallest absolute Gasteiger partial charge is 0.269 e. The second-order valence-corrected chi connectivity index (χ2v) is 6.97. The zero-order valence-corrected chi connectivity index (χ0v) is 19.8. The van der Waals surface area contributed by atoms with Crippen molar-refractivity contribution < 1.29 is 4.92 Å². The molecule has 1 heterocycles. The molecule has 0 saturated heterocycles. The van der Waals surface area contributed by atoms with E-state index in [2.05, 4.69) is 47.6 Å². The molecule has 8 nitrogen and oxygen atoms in total. The number of hydrogen-bond acceptors (Lipinski definition) is 4. The lowest BCUT2D eigenvalue weighted by atomic mass is 10.2. The van der Waals surface area contributed by atoms with Crippen LogP contribution >= 0.6 is 24.0 Å². The van der Waals surface area contributed by atoms with Gasteiger partial charge in [-0.3, -0.25) is 14.8 Å². The van der Waals surface area contributed by atoms with E-state index in [9.17, 15) is 10.1 Å². The normalized spacial score (nSPS) is 12.2. The van der Waals surface area contributed by atoms with Gasteiger partial charge in [0.15, 0.2) is 5.96 Å². The van der Waals surface area contributed by atoms with Crippen molar-refractivity contribution >= 4 is 35.6 Å². The number of nitro groups is 1. The lowest BCUT2D eigenvalue weighted by Gasteiger charge is -2.17. The highest BCUT2D eigenvalue weighted by Crippen LogP contribution is 2.12. The number of non-ortho nitro benzene ring substituents is 1. The number of aliphatic imine (C=N–C) groups is 1. The molecule has 160 valence electrons. The number of benzene rings is 1. The molecule has 0 bridgehead atoms. The van der Waals surface area contributed by atoms with Gasteiger partial charge in [0.25, 0.3) is 5.69 Å². The van der Waals surface area contributed by atoms with Crippen molar-refractivity contribution in [2.75, 3.05) is 6.54 Å². The molecule has 1 unspecified atom stereocenters. The van der Waals surface area contributed by atoms with Gasteiger partial charge in [-0.1, -0.05) is 19.1 Å². The standard InChI is InChI=1S/C20H30N6O2.HI/c1-5-15(2)23-20(21-11-6-12-25-17(4)13-16(3)24-25)22-14-18-7-9-19(10-8-18)26(27)28;/h7-10,13,15H,5-6,11-12,14H2,1-4H3,(H2,21,22,23);1H. The van der Waals surface area contributed by atoms with Crippen molar-refractivity contribution in [3.8, 4) is 0 Å². The Morgan fingerprint density at radius 1 is 1.31 bits per heavy atom. The molecule has 1 aromatic carbocycles. The maximum absolute atomic E-state index is 10.8. The van der Waals surface area contributed by atoms with Gasteiger partial charge in [-0.2, -0.15) is 5.10 Å². The Hall–Kier alpha value is -2.17. The van der Waals surface area contributed by atoms with Crippen LogP contribution in [0.3, 0.4) is 0 Å². The highest BCUT2D eigenvalue weighted by Gasteiger charge is 2.06. The fraction of sp³-hybridized carbons (Fsp3) is 0.500. The van der Waals surface area contributed by atoms with E-state index < -0.39 is 4.92 Å². The van der Waals surface area contributed by atoms with Gasteiger partial charge in [-0.05, 0) is 45.2 Å². The predicted molar refractivity (Wildman–Crippen MR) is 127 cm³/mol. The van der Waals surface area contributed by atoms with E-state index in [-0.39, 0.29) is 29.7 Å². The van der Waals surface area contributed by atoms with Crippen molar-refractivity contribution in [2.24, 2.45) is 4.99 Å². The van der Waals surface area contributed by atoms with E-state index in [1.54, 1.807) is 12.1 Å². The second kappa shape index (κ2) is 12.4. The molecule has 2 aromatic rings. The van der Waals surface area contributed by atoms with Crippen molar-refractivity contribution in [3.63, 3.8) is 0 Å². The topological polar surface area (TPSA) is 97.4 Å². The minimum absolute atomic E-state index is 0. The molecule has 0 fully saturated rings. The van der Waals surface area contributed by atoms with Crippen LogP contribution in [0.1, 0.15) is 43.6 Å². The maximum Gasteiger partial charge on any atom is 0.269 e. The van der Waals surface area contributed by atoms with Crippen LogP contribution in [0.5, 0.6) is 0 Å². The number of hydrogen-bond donors (Lipinski definition) is 2. The van der Waals surface area contributed by atoms with Crippen molar-refractivity contribution in [1.29, 1.82) is 0 Å². The van der Waals surface area contributed by atoms with Crippen LogP contribution in [-0.4, -0.2) is 33.2 Å². The summed E-state index contributed by atoms with van der Waals surface area (Å²) < 4.78 is 2.02. The molecular weight excluding hydrogens is 483 g/mol. The zero-order chi connectivity index (χ0) is 20.5. The molecule has 1 aromatic heterocycles. The summed E-state index contributed by atoms with van der Waals surface area (Å²) in [7, 11) is 0. The van der Waals surface area contributed by atoms with Gasteiger partial charge in [0, 0.05) is 37.0 Å². The molecule has 0 aliphatic carbocycles. The maximum atomic E-state index is 10.8. The summed E-state index contributed by atoms with van der Waals surface area (Å²) in [5, 5.41) is 22.0. The largest absolute Gasteiger partial charge is 0.356 e. The summed E-state index contributed by atoms with van der Waals surface area (Å²) in [5.74, 6) is 0.751. The predicted octanol–water partition coefficient (Wildman–Crippen LogP) is 3.95. The van der Waals surface area contributed by atoms with Crippen LogP contribution in [0.15, 0.2) is 35.3 Å². The minimum atomic E-state index is -0.396. The fourth-order valence-corrected chi connectivity index (χ4v) is 2.72. The Bertz CT molecular complexity index is 804. The Morgan fingerprint density at radius 2 is 2.00 bits per heavy atom. The molecule has 2 rings (SSSR count). The SMILES string of the molecule is CCC(C)NC(=NCc1ccc([N+](=O)[O-])cc1)NCCCn1nc(C)cc1C.I. The highest BCUT2D eigenvalue weighted by molar-refractivity contribution is 14.0. The third-order valence-corrected chi connectivity index (χ3v) is 4.50. The monoisotopic (exact) mass is 514 g/mol. The molecule has 9 heteroatoms. The molecule has 29 heavy (non-hydrogen) atoms. The summed E-state index contributed by atoms with van der Waals surface area (Å²) in [6, 6.07) is 8.88. The summed E-state index contributed by atoms with van der Waals surface area (Å²) in [5.41, 5.74) is 3.22. The Labute approximate surface area is 189 Å².